The first-order valence-electron chi connectivity index (χ1n) is 9.29. The predicted octanol–water partition coefficient (Wildman–Crippen LogP) is 5.67. The van der Waals surface area contributed by atoms with Crippen molar-refractivity contribution in [3.05, 3.63) is 70.8 Å². The van der Waals surface area contributed by atoms with E-state index in [1.165, 1.54) is 0 Å². The monoisotopic (exact) mass is 542 g/mol. The minimum Gasteiger partial charge on any atom is -0.565 e. The van der Waals surface area contributed by atoms with Crippen molar-refractivity contribution in [2.75, 3.05) is 11.9 Å². The van der Waals surface area contributed by atoms with E-state index in [0.29, 0.717) is 24.9 Å². The minimum atomic E-state index is -4.46. The Bertz CT molecular complexity index is 1110. The average molecular weight is 543 g/mol. The van der Waals surface area contributed by atoms with Gasteiger partial charge in [-0.1, -0.05) is 23.7 Å². The van der Waals surface area contributed by atoms with Gasteiger partial charge in [-0.25, -0.2) is 29.0 Å². The molecule has 0 saturated heterocycles. The van der Waals surface area contributed by atoms with Crippen LogP contribution in [0.2, 0.25) is 5.02 Å². The third-order valence-corrected chi connectivity index (χ3v) is 4.51. The topological polar surface area (TPSA) is 130 Å². The van der Waals surface area contributed by atoms with Crippen molar-refractivity contribution in [3.8, 4) is 11.6 Å². The van der Waals surface area contributed by atoms with Crippen molar-refractivity contribution in [2.45, 2.75) is 19.0 Å². The van der Waals surface area contributed by atoms with E-state index in [4.69, 9.17) is 31.1 Å². The molecule has 0 amide bonds. The van der Waals surface area contributed by atoms with Crippen molar-refractivity contribution in [3.63, 3.8) is 0 Å². The molecule has 190 valence electrons. The fourth-order valence-electron chi connectivity index (χ4n) is 2.44. The van der Waals surface area contributed by atoms with Gasteiger partial charge in [-0.2, -0.15) is 13.2 Å². The fraction of sp³-hybridized carbons (Fsp3) is 0.211. The number of pyridine rings is 1. The van der Waals surface area contributed by atoms with Crippen LogP contribution in [0.4, 0.5) is 27.8 Å². The van der Waals surface area contributed by atoms with Gasteiger partial charge in [0.1, 0.15) is 28.6 Å². The molecule has 0 fully saturated rings. The van der Waals surface area contributed by atoms with Gasteiger partial charge in [0.15, 0.2) is 0 Å². The zero-order valence-corrected chi connectivity index (χ0v) is 18.9. The van der Waals surface area contributed by atoms with Crippen LogP contribution in [0, 0.1) is 0 Å². The molecule has 2 N–H and O–H groups in total. The van der Waals surface area contributed by atoms with Crippen molar-refractivity contribution in [2.24, 2.45) is 0 Å². The highest BCUT2D eigenvalue weighted by atomic mass is 35.5. The molecule has 35 heavy (non-hydrogen) atoms. The van der Waals surface area contributed by atoms with Gasteiger partial charge in [-0.05, 0) is 34.7 Å². The third kappa shape index (κ3) is 9.26. The molecule has 3 aromatic rings. The smallest absolute Gasteiger partial charge is 0.521 e. The molecule has 9 nitrogen and oxygen atoms in total. The Hall–Kier alpha value is -3.03. The molecular weight excluding hydrogens is 526 g/mol. The molecule has 1 unspecified atom stereocenters. The van der Waals surface area contributed by atoms with Crippen molar-refractivity contribution in [1.82, 2.24) is 15.0 Å². The van der Waals surface area contributed by atoms with Crippen molar-refractivity contribution in [1.29, 1.82) is 0 Å². The average Bonchev–Trinajstić information content (AvgIpc) is 2.81. The number of ether oxygens (including phenoxy) is 1. The molecule has 0 aliphatic carbocycles. The quantitative estimate of drug-likeness (QED) is 0.160. The van der Waals surface area contributed by atoms with E-state index in [9.17, 15) is 22.0 Å². The molecule has 2 heterocycles. The lowest BCUT2D eigenvalue weighted by atomic mass is 10.1. The number of rotatable bonds is 8. The summed E-state index contributed by atoms with van der Waals surface area (Å²) in [5.74, 6) is 0.556. The molecule has 16 heteroatoms. The van der Waals surface area contributed by atoms with Crippen LogP contribution in [0.1, 0.15) is 24.7 Å². The fourth-order valence-corrected chi connectivity index (χ4v) is 2.68. The lowest BCUT2D eigenvalue weighted by molar-refractivity contribution is -0.244. The molecule has 3 rings (SSSR count). The van der Waals surface area contributed by atoms with Crippen LogP contribution in [0.15, 0.2) is 48.9 Å². The number of benzene rings is 1. The van der Waals surface area contributed by atoms with Crippen LogP contribution in [0.3, 0.4) is 0 Å². The summed E-state index contributed by atoms with van der Waals surface area (Å²) in [7, 11) is -3.04. The van der Waals surface area contributed by atoms with Crippen LogP contribution >= 0.6 is 19.9 Å². The standard InChI is InChI=1S/C19H14ClF5N4O.HO4P.H2/c20-15-16(17(21)22)28-10-29-18(15)26-8-7-11-1-4-13(5-2-11)30-14-6-3-12(9-27-14)19(23,24)25;1-4-5(2)3;/h1-6,9-10,17H,7-8H2,(H,26,28,29);1H;1H. The van der Waals surface area contributed by atoms with Crippen LogP contribution in [0.5, 0.6) is 11.6 Å². The van der Waals surface area contributed by atoms with Crippen molar-refractivity contribution < 1.29 is 47.5 Å². The zero-order valence-electron chi connectivity index (χ0n) is 17.2. The molecule has 1 atom stereocenters. The van der Waals surface area contributed by atoms with E-state index in [0.717, 1.165) is 24.0 Å². The second-order valence-electron chi connectivity index (χ2n) is 6.33. The third-order valence-electron chi connectivity index (χ3n) is 4.01. The lowest BCUT2D eigenvalue weighted by Gasteiger charge is -2.10. The second-order valence-corrected chi connectivity index (χ2v) is 7.32. The molecule has 0 saturated carbocycles. The Balaban J connectivity index is 0.000000983. The van der Waals surface area contributed by atoms with Crippen LogP contribution < -0.4 is 14.9 Å². The van der Waals surface area contributed by atoms with Crippen LogP contribution in [0.25, 0.3) is 0 Å². The lowest BCUT2D eigenvalue weighted by Crippen LogP contribution is -2.08. The second kappa shape index (κ2) is 13.2. The van der Waals surface area contributed by atoms with Gasteiger partial charge in [0.25, 0.3) is 6.43 Å². The summed E-state index contributed by atoms with van der Waals surface area (Å²) >= 11 is 5.87. The molecule has 0 bridgehead atoms. The Labute approximate surface area is 201 Å². The molecule has 2 aromatic heterocycles. The van der Waals surface area contributed by atoms with Crippen LogP contribution in [-0.2, 0) is 21.8 Å². The Kier molecular flexibility index (Phi) is 10.6. The maximum absolute atomic E-state index is 12.8. The first-order valence-corrected chi connectivity index (χ1v) is 10.8. The van der Waals surface area contributed by atoms with E-state index in [2.05, 4.69) is 24.9 Å². The maximum atomic E-state index is 12.8. The predicted molar refractivity (Wildman–Crippen MR) is 113 cm³/mol. The highest BCUT2D eigenvalue weighted by molar-refractivity contribution is 7.30. The van der Waals surface area contributed by atoms with Gasteiger partial charge in [-0.15, -0.1) is 0 Å². The number of alkyl halides is 5. The van der Waals surface area contributed by atoms with E-state index in [-0.39, 0.29) is 18.1 Å². The van der Waals surface area contributed by atoms with E-state index >= 15 is 0 Å². The summed E-state index contributed by atoms with van der Waals surface area (Å²) in [5.41, 5.74) is -0.496. The Morgan fingerprint density at radius 2 is 1.80 bits per heavy atom. The molecule has 0 aliphatic heterocycles. The van der Waals surface area contributed by atoms with E-state index in [1.54, 1.807) is 24.3 Å². The Morgan fingerprint density at radius 1 is 1.14 bits per heavy atom. The van der Waals surface area contributed by atoms with Gasteiger partial charge in [0.05, 0.1) is 5.56 Å². The van der Waals surface area contributed by atoms with Gasteiger partial charge < -0.3 is 14.9 Å². The number of hydrogen-bond acceptors (Lipinski definition) is 9. The number of hydrogen-bond donors (Lipinski definition) is 2. The molecule has 0 radical (unpaired) electrons. The first-order chi connectivity index (χ1) is 16.5. The Morgan fingerprint density at radius 3 is 2.31 bits per heavy atom. The largest absolute Gasteiger partial charge is 0.565 e. The highest BCUT2D eigenvalue weighted by Gasteiger charge is 2.30. The summed E-state index contributed by atoms with van der Waals surface area (Å²) in [4.78, 5) is 19.9. The summed E-state index contributed by atoms with van der Waals surface area (Å²) in [6.45, 7) is 0.375. The maximum Gasteiger partial charge on any atom is 0.521 e. The number of nitrogens with one attached hydrogen (secondary N) is 1. The summed E-state index contributed by atoms with van der Waals surface area (Å²) in [6, 6.07) is 8.82. The first kappa shape index (κ1) is 28.2. The summed E-state index contributed by atoms with van der Waals surface area (Å²) in [6.07, 6.45) is -5.02. The SMILES string of the molecule is FC(F)c1ncnc(NCCc2ccc(Oc3ccc(C(F)(F)F)cn3)cc2)c1Cl.O=[P+]([O-])OO.[HH]. The minimum absolute atomic E-state index is 0. The zero-order chi connectivity index (χ0) is 26.0. The number of anilines is 1. The summed E-state index contributed by atoms with van der Waals surface area (Å²) in [5, 5.41) is 9.70. The molecular formula is C19H17ClF5N4O5P. The molecule has 0 spiro atoms. The van der Waals surface area contributed by atoms with Gasteiger partial charge in [-0.3, -0.25) is 0 Å². The van der Waals surface area contributed by atoms with Gasteiger partial charge in [0, 0.05) is 24.9 Å². The number of nitrogens with zero attached hydrogens (tertiary/aromatic N) is 3. The van der Waals surface area contributed by atoms with Crippen LogP contribution in [-0.4, -0.2) is 26.8 Å². The van der Waals surface area contributed by atoms with E-state index < -0.39 is 32.1 Å². The molecule has 0 aliphatic rings. The molecule has 1 aromatic carbocycles. The number of aromatic nitrogens is 3. The number of halogens is 6. The van der Waals surface area contributed by atoms with Crippen molar-refractivity contribution >= 4 is 25.7 Å². The van der Waals surface area contributed by atoms with Gasteiger partial charge >= 0.3 is 14.4 Å². The highest BCUT2D eigenvalue weighted by Crippen LogP contribution is 2.31. The van der Waals surface area contributed by atoms with E-state index in [1.807, 2.05) is 0 Å². The normalized spacial score (nSPS) is 11.5. The summed E-state index contributed by atoms with van der Waals surface area (Å²) < 4.78 is 80.3. The van der Waals surface area contributed by atoms with Gasteiger partial charge in [0.2, 0.25) is 5.88 Å².